The molecule has 0 radical (unpaired) electrons. The zero-order chi connectivity index (χ0) is 14.3. The molecule has 1 aliphatic rings. The lowest BCUT2D eigenvalue weighted by atomic mass is 10.0. The van der Waals surface area contributed by atoms with E-state index in [2.05, 4.69) is 5.32 Å². The van der Waals surface area contributed by atoms with E-state index in [0.717, 1.165) is 22.4 Å². The van der Waals surface area contributed by atoms with Gasteiger partial charge in [-0.3, -0.25) is 4.79 Å². The Labute approximate surface area is 127 Å². The van der Waals surface area contributed by atoms with E-state index < -0.39 is 0 Å². The fourth-order valence-corrected chi connectivity index (χ4v) is 2.59. The Morgan fingerprint density at radius 1 is 1.05 bits per heavy atom. The molecule has 0 spiro atoms. The summed E-state index contributed by atoms with van der Waals surface area (Å²) in [5, 5.41) is 4.07. The number of rotatable bonds is 1. The SMILES string of the molecule is Cc1ccc(Cl)cc1/C=C1/C(=O)Nc2cc(Cl)ccc21. The molecule has 100 valence electrons. The third-order valence-corrected chi connectivity index (χ3v) is 3.78. The molecule has 2 aromatic carbocycles. The fourth-order valence-electron chi connectivity index (χ4n) is 2.23. The summed E-state index contributed by atoms with van der Waals surface area (Å²) in [6, 6.07) is 11.0. The van der Waals surface area contributed by atoms with Crippen LogP contribution in [0, 0.1) is 6.92 Å². The maximum Gasteiger partial charge on any atom is 0.256 e. The molecule has 0 saturated heterocycles. The van der Waals surface area contributed by atoms with Crippen LogP contribution in [0.2, 0.25) is 10.0 Å². The number of nitrogens with one attached hydrogen (secondary N) is 1. The Hall–Kier alpha value is -1.77. The Morgan fingerprint density at radius 2 is 1.75 bits per heavy atom. The molecule has 1 N–H and O–H groups in total. The first-order valence-corrected chi connectivity index (χ1v) is 6.89. The second-order valence-electron chi connectivity index (χ2n) is 4.70. The van der Waals surface area contributed by atoms with E-state index >= 15 is 0 Å². The van der Waals surface area contributed by atoms with Gasteiger partial charge in [0.25, 0.3) is 5.91 Å². The van der Waals surface area contributed by atoms with E-state index in [1.165, 1.54) is 0 Å². The summed E-state index contributed by atoms with van der Waals surface area (Å²) in [6.45, 7) is 1.98. The van der Waals surface area contributed by atoms with Gasteiger partial charge < -0.3 is 5.32 Å². The molecule has 0 aliphatic carbocycles. The quantitative estimate of drug-likeness (QED) is 0.754. The van der Waals surface area contributed by atoms with Crippen molar-refractivity contribution in [2.75, 3.05) is 5.32 Å². The second kappa shape index (κ2) is 4.97. The normalized spacial score (nSPS) is 15.3. The number of halogens is 2. The molecular weight excluding hydrogens is 293 g/mol. The third-order valence-electron chi connectivity index (χ3n) is 3.31. The van der Waals surface area contributed by atoms with Gasteiger partial charge in [-0.15, -0.1) is 0 Å². The third kappa shape index (κ3) is 2.33. The summed E-state index contributed by atoms with van der Waals surface area (Å²) in [4.78, 5) is 12.1. The molecule has 1 aliphatic heterocycles. The van der Waals surface area contributed by atoms with Crippen LogP contribution >= 0.6 is 23.2 Å². The molecule has 2 nitrogen and oxygen atoms in total. The maximum atomic E-state index is 12.1. The summed E-state index contributed by atoms with van der Waals surface area (Å²) >= 11 is 11.9. The van der Waals surface area contributed by atoms with E-state index in [9.17, 15) is 4.79 Å². The Morgan fingerprint density at radius 3 is 2.55 bits per heavy atom. The zero-order valence-electron chi connectivity index (χ0n) is 10.7. The predicted octanol–water partition coefficient (Wildman–Crippen LogP) is 4.79. The number of anilines is 1. The van der Waals surface area contributed by atoms with Crippen molar-refractivity contribution in [2.24, 2.45) is 0 Å². The molecule has 1 amide bonds. The monoisotopic (exact) mass is 303 g/mol. The number of fused-ring (bicyclic) bond motifs is 1. The lowest BCUT2D eigenvalue weighted by Crippen LogP contribution is -2.03. The molecule has 0 unspecified atom stereocenters. The molecule has 0 atom stereocenters. The smallest absolute Gasteiger partial charge is 0.256 e. The molecule has 0 aromatic heterocycles. The van der Waals surface area contributed by atoms with Crippen molar-refractivity contribution < 1.29 is 4.79 Å². The van der Waals surface area contributed by atoms with E-state index in [1.54, 1.807) is 12.1 Å². The van der Waals surface area contributed by atoms with Crippen LogP contribution in [0.1, 0.15) is 16.7 Å². The standard InChI is InChI=1S/C16H11Cl2NO/c1-9-2-3-11(17)6-10(9)7-14-13-5-4-12(18)8-15(13)19-16(14)20/h2-8H,1H3,(H,19,20)/b14-7+. The van der Waals surface area contributed by atoms with Crippen molar-refractivity contribution in [1.82, 2.24) is 0 Å². The number of carbonyl (C=O) groups excluding carboxylic acids is 1. The largest absolute Gasteiger partial charge is 0.321 e. The van der Waals surface area contributed by atoms with E-state index in [0.29, 0.717) is 15.6 Å². The topological polar surface area (TPSA) is 29.1 Å². The van der Waals surface area contributed by atoms with Gasteiger partial charge >= 0.3 is 0 Å². The second-order valence-corrected chi connectivity index (χ2v) is 5.58. The number of hydrogen-bond donors (Lipinski definition) is 1. The van der Waals surface area contributed by atoms with Crippen LogP contribution in [0.25, 0.3) is 11.6 Å². The molecule has 20 heavy (non-hydrogen) atoms. The number of aryl methyl sites for hydroxylation is 1. The van der Waals surface area contributed by atoms with Crippen LogP contribution in [-0.4, -0.2) is 5.91 Å². The van der Waals surface area contributed by atoms with E-state index in [4.69, 9.17) is 23.2 Å². The van der Waals surface area contributed by atoms with Gasteiger partial charge in [0.15, 0.2) is 0 Å². The van der Waals surface area contributed by atoms with Crippen LogP contribution in [0.3, 0.4) is 0 Å². The molecule has 3 rings (SSSR count). The Kier molecular flexibility index (Phi) is 3.28. The van der Waals surface area contributed by atoms with Crippen molar-refractivity contribution in [3.8, 4) is 0 Å². The highest BCUT2D eigenvalue weighted by Crippen LogP contribution is 2.35. The summed E-state index contributed by atoms with van der Waals surface area (Å²) in [5.74, 6) is -0.123. The fraction of sp³-hybridized carbons (Fsp3) is 0.0625. The van der Waals surface area contributed by atoms with E-state index in [1.807, 2.05) is 37.3 Å². The number of hydrogen-bond acceptors (Lipinski definition) is 1. The predicted molar refractivity (Wildman–Crippen MR) is 84.1 cm³/mol. The number of benzene rings is 2. The minimum absolute atomic E-state index is 0.123. The molecule has 2 aromatic rings. The van der Waals surface area contributed by atoms with Crippen molar-refractivity contribution in [3.63, 3.8) is 0 Å². The highest BCUT2D eigenvalue weighted by atomic mass is 35.5. The molecule has 0 bridgehead atoms. The van der Waals surface area contributed by atoms with Crippen molar-refractivity contribution in [2.45, 2.75) is 6.92 Å². The van der Waals surface area contributed by atoms with Gasteiger partial charge in [0.2, 0.25) is 0 Å². The lowest BCUT2D eigenvalue weighted by Gasteiger charge is -2.03. The number of carbonyl (C=O) groups is 1. The minimum atomic E-state index is -0.123. The van der Waals surface area contributed by atoms with Crippen molar-refractivity contribution in [3.05, 3.63) is 63.1 Å². The lowest BCUT2D eigenvalue weighted by molar-refractivity contribution is -0.110. The first kappa shape index (κ1) is 13.2. The van der Waals surface area contributed by atoms with Crippen LogP contribution in [0.5, 0.6) is 0 Å². The molecule has 1 heterocycles. The van der Waals surface area contributed by atoms with E-state index in [-0.39, 0.29) is 5.91 Å². The number of amides is 1. The average molecular weight is 304 g/mol. The van der Waals surface area contributed by atoms with Crippen molar-refractivity contribution >= 4 is 46.4 Å². The van der Waals surface area contributed by atoms with Crippen LogP contribution in [0.4, 0.5) is 5.69 Å². The highest BCUT2D eigenvalue weighted by Gasteiger charge is 2.24. The van der Waals surface area contributed by atoms with Gasteiger partial charge in [0.1, 0.15) is 0 Å². The molecule has 4 heteroatoms. The van der Waals surface area contributed by atoms with Crippen LogP contribution < -0.4 is 5.32 Å². The Balaban J connectivity index is 2.13. The van der Waals surface area contributed by atoms with Gasteiger partial charge in [0.05, 0.1) is 5.69 Å². The zero-order valence-corrected chi connectivity index (χ0v) is 12.2. The van der Waals surface area contributed by atoms with Gasteiger partial charge in [-0.1, -0.05) is 35.3 Å². The van der Waals surface area contributed by atoms with Gasteiger partial charge in [0, 0.05) is 21.2 Å². The van der Waals surface area contributed by atoms with Crippen LogP contribution in [-0.2, 0) is 4.79 Å². The minimum Gasteiger partial charge on any atom is -0.321 e. The van der Waals surface area contributed by atoms with Crippen LogP contribution in [0.15, 0.2) is 36.4 Å². The average Bonchev–Trinajstić information content (AvgIpc) is 2.69. The molecule has 0 saturated carbocycles. The van der Waals surface area contributed by atoms with Gasteiger partial charge in [-0.25, -0.2) is 0 Å². The molecular formula is C16H11Cl2NO. The summed E-state index contributed by atoms with van der Waals surface area (Å²) < 4.78 is 0. The maximum absolute atomic E-state index is 12.1. The first-order valence-electron chi connectivity index (χ1n) is 6.14. The van der Waals surface area contributed by atoms with Gasteiger partial charge in [-0.05, 0) is 48.4 Å². The van der Waals surface area contributed by atoms with Gasteiger partial charge in [-0.2, -0.15) is 0 Å². The van der Waals surface area contributed by atoms with Crippen molar-refractivity contribution in [1.29, 1.82) is 0 Å². The Bertz CT molecular complexity index is 750. The summed E-state index contributed by atoms with van der Waals surface area (Å²) in [5.41, 5.74) is 4.23. The summed E-state index contributed by atoms with van der Waals surface area (Å²) in [7, 11) is 0. The summed E-state index contributed by atoms with van der Waals surface area (Å²) in [6.07, 6.45) is 1.86. The first-order chi connectivity index (χ1) is 9.54. The highest BCUT2D eigenvalue weighted by molar-refractivity contribution is 6.36. The molecule has 0 fully saturated rings.